The summed E-state index contributed by atoms with van der Waals surface area (Å²) in [6, 6.07) is 3.80. The lowest BCUT2D eigenvalue weighted by Crippen LogP contribution is -2.30. The van der Waals surface area contributed by atoms with E-state index in [9.17, 15) is 0 Å². The Hall–Kier alpha value is -1.56. The highest BCUT2D eigenvalue weighted by Crippen LogP contribution is 2.34. The van der Waals surface area contributed by atoms with E-state index in [0.29, 0.717) is 13.0 Å². The van der Waals surface area contributed by atoms with Gasteiger partial charge < -0.3 is 9.72 Å². The van der Waals surface area contributed by atoms with Crippen molar-refractivity contribution in [1.82, 2.24) is 15.4 Å². The number of nitrogens with two attached hydrogens (primary N) is 1. The van der Waals surface area contributed by atoms with E-state index in [1.807, 2.05) is 12.1 Å². The van der Waals surface area contributed by atoms with Crippen LogP contribution >= 0.6 is 11.6 Å². The van der Waals surface area contributed by atoms with Crippen molar-refractivity contribution in [1.29, 1.82) is 0 Å². The number of aromatic nitrogens is 2. The topological polar surface area (TPSA) is 76.0 Å². The van der Waals surface area contributed by atoms with Crippen LogP contribution in [0.4, 0.5) is 0 Å². The van der Waals surface area contributed by atoms with Crippen LogP contribution in [0.2, 0.25) is 5.02 Å². The van der Waals surface area contributed by atoms with E-state index in [0.717, 1.165) is 34.1 Å². The van der Waals surface area contributed by atoms with E-state index < -0.39 is 0 Å². The van der Waals surface area contributed by atoms with Gasteiger partial charge in [-0.2, -0.15) is 0 Å². The molecule has 6 heteroatoms. The molecule has 0 saturated carbocycles. The Kier molecular flexibility index (Phi) is 3.42. The van der Waals surface area contributed by atoms with Crippen LogP contribution < -0.4 is 16.0 Å². The number of halogens is 1. The number of hydrazine groups is 1. The summed E-state index contributed by atoms with van der Waals surface area (Å²) < 4.78 is 5.69. The third-order valence-corrected chi connectivity index (χ3v) is 3.52. The summed E-state index contributed by atoms with van der Waals surface area (Å²) in [5, 5.41) is 0.731. The Labute approximate surface area is 116 Å². The van der Waals surface area contributed by atoms with Crippen LogP contribution in [0.25, 0.3) is 0 Å². The predicted octanol–water partition coefficient (Wildman–Crippen LogP) is 1.75. The molecule has 0 saturated heterocycles. The molecule has 5 nitrogen and oxygen atoms in total. The first-order valence-electron chi connectivity index (χ1n) is 6.17. The van der Waals surface area contributed by atoms with E-state index in [1.165, 1.54) is 0 Å². The fourth-order valence-electron chi connectivity index (χ4n) is 2.42. The molecule has 0 spiro atoms. The van der Waals surface area contributed by atoms with Gasteiger partial charge in [0.05, 0.1) is 12.6 Å². The number of fused-ring (bicyclic) bond motifs is 1. The zero-order valence-corrected chi connectivity index (χ0v) is 11.1. The molecule has 0 radical (unpaired) electrons. The minimum absolute atomic E-state index is 0.0956. The highest BCUT2D eigenvalue weighted by atomic mass is 35.5. The third kappa shape index (κ3) is 2.45. The molecular weight excluding hydrogens is 264 g/mol. The number of aromatic amines is 1. The maximum atomic E-state index is 6.15. The first-order valence-corrected chi connectivity index (χ1v) is 6.55. The lowest BCUT2D eigenvalue weighted by molar-refractivity contribution is 0.351. The van der Waals surface area contributed by atoms with Gasteiger partial charge in [-0.3, -0.25) is 5.84 Å². The predicted molar refractivity (Wildman–Crippen MR) is 73.0 cm³/mol. The Bertz CT molecular complexity index is 570. The molecular formula is C13H15ClN4O. The molecule has 1 aliphatic heterocycles. The molecule has 0 bridgehead atoms. The summed E-state index contributed by atoms with van der Waals surface area (Å²) in [4.78, 5) is 7.29. The zero-order valence-electron chi connectivity index (χ0n) is 10.3. The number of ether oxygens (including phenoxy) is 1. The molecule has 0 amide bonds. The van der Waals surface area contributed by atoms with Crippen LogP contribution in [-0.2, 0) is 12.8 Å². The maximum absolute atomic E-state index is 6.15. The van der Waals surface area contributed by atoms with Gasteiger partial charge in [0.2, 0.25) is 0 Å². The molecule has 1 atom stereocenters. The highest BCUT2D eigenvalue weighted by molar-refractivity contribution is 6.30. The van der Waals surface area contributed by atoms with Crippen LogP contribution in [-0.4, -0.2) is 16.6 Å². The standard InChI is InChI=1S/C13H15ClN4O/c14-10-5-8-1-4-19-12(8)9(6-10)7-11(18-15)13-16-2-3-17-13/h2-3,5-6,11,18H,1,4,7,15H2,(H,16,17). The molecule has 1 unspecified atom stereocenters. The first-order chi connectivity index (χ1) is 9.28. The van der Waals surface area contributed by atoms with E-state index in [1.54, 1.807) is 12.4 Å². The third-order valence-electron chi connectivity index (χ3n) is 3.30. The van der Waals surface area contributed by atoms with Crippen molar-refractivity contribution in [3.63, 3.8) is 0 Å². The monoisotopic (exact) mass is 278 g/mol. The zero-order chi connectivity index (χ0) is 13.2. The van der Waals surface area contributed by atoms with Crippen molar-refractivity contribution < 1.29 is 4.74 Å². The molecule has 1 aromatic carbocycles. The molecule has 1 aliphatic rings. The summed E-state index contributed by atoms with van der Waals surface area (Å²) in [7, 11) is 0. The summed E-state index contributed by atoms with van der Waals surface area (Å²) in [6.07, 6.45) is 5.06. The quantitative estimate of drug-likeness (QED) is 0.588. The van der Waals surface area contributed by atoms with Gasteiger partial charge in [-0.1, -0.05) is 11.6 Å². The maximum Gasteiger partial charge on any atom is 0.125 e. The number of imidazole rings is 1. The Balaban J connectivity index is 1.90. The summed E-state index contributed by atoms with van der Waals surface area (Å²) >= 11 is 6.15. The van der Waals surface area contributed by atoms with Gasteiger partial charge in [-0.15, -0.1) is 0 Å². The second-order valence-corrected chi connectivity index (χ2v) is 4.99. The van der Waals surface area contributed by atoms with Crippen molar-refractivity contribution >= 4 is 11.6 Å². The first kappa shape index (κ1) is 12.5. The van der Waals surface area contributed by atoms with E-state index in [4.69, 9.17) is 22.2 Å². The molecule has 0 fully saturated rings. The van der Waals surface area contributed by atoms with Crippen LogP contribution in [0.5, 0.6) is 5.75 Å². The minimum Gasteiger partial charge on any atom is -0.493 e. The van der Waals surface area contributed by atoms with Crippen molar-refractivity contribution in [2.24, 2.45) is 5.84 Å². The fraction of sp³-hybridized carbons (Fsp3) is 0.308. The lowest BCUT2D eigenvalue weighted by Gasteiger charge is -2.16. The molecule has 0 aliphatic carbocycles. The Morgan fingerprint density at radius 2 is 2.42 bits per heavy atom. The summed E-state index contributed by atoms with van der Waals surface area (Å²) in [6.45, 7) is 0.712. The van der Waals surface area contributed by atoms with Crippen molar-refractivity contribution in [3.8, 4) is 5.75 Å². The Morgan fingerprint density at radius 3 is 3.16 bits per heavy atom. The molecule has 4 N–H and O–H groups in total. The second kappa shape index (κ2) is 5.21. The van der Waals surface area contributed by atoms with Gasteiger partial charge in [0.1, 0.15) is 11.6 Å². The van der Waals surface area contributed by atoms with Crippen molar-refractivity contribution in [2.75, 3.05) is 6.61 Å². The Morgan fingerprint density at radius 1 is 1.53 bits per heavy atom. The molecule has 19 heavy (non-hydrogen) atoms. The molecule has 2 heterocycles. The van der Waals surface area contributed by atoms with Gasteiger partial charge in [-0.25, -0.2) is 10.4 Å². The highest BCUT2D eigenvalue weighted by Gasteiger charge is 2.21. The van der Waals surface area contributed by atoms with Crippen molar-refractivity contribution in [3.05, 3.63) is 46.5 Å². The summed E-state index contributed by atoms with van der Waals surface area (Å²) in [5.41, 5.74) is 4.99. The van der Waals surface area contributed by atoms with E-state index in [-0.39, 0.29) is 6.04 Å². The van der Waals surface area contributed by atoms with E-state index >= 15 is 0 Å². The smallest absolute Gasteiger partial charge is 0.125 e. The number of nitrogens with one attached hydrogen (secondary N) is 2. The van der Waals surface area contributed by atoms with Gasteiger partial charge in [0.15, 0.2) is 0 Å². The second-order valence-electron chi connectivity index (χ2n) is 4.55. The lowest BCUT2D eigenvalue weighted by atomic mass is 10.0. The number of rotatable bonds is 4. The van der Waals surface area contributed by atoms with Gasteiger partial charge in [0.25, 0.3) is 0 Å². The van der Waals surface area contributed by atoms with Crippen LogP contribution in [0.3, 0.4) is 0 Å². The van der Waals surface area contributed by atoms with Gasteiger partial charge in [-0.05, 0) is 29.7 Å². The van der Waals surface area contributed by atoms with Crippen molar-refractivity contribution in [2.45, 2.75) is 18.9 Å². The molecule has 3 rings (SSSR count). The normalized spacial score (nSPS) is 15.1. The average molecular weight is 279 g/mol. The van der Waals surface area contributed by atoms with E-state index in [2.05, 4.69) is 15.4 Å². The SMILES string of the molecule is NNC(Cc1cc(Cl)cc2c1OCC2)c1ncc[nH]1. The summed E-state index contributed by atoms with van der Waals surface area (Å²) in [5.74, 6) is 7.35. The molecule has 2 aromatic rings. The number of H-pyrrole nitrogens is 1. The van der Waals surface area contributed by atoms with Crippen LogP contribution in [0.15, 0.2) is 24.5 Å². The largest absolute Gasteiger partial charge is 0.493 e. The fourth-order valence-corrected chi connectivity index (χ4v) is 2.68. The number of nitrogens with zero attached hydrogens (tertiary/aromatic N) is 1. The number of benzene rings is 1. The molecule has 1 aromatic heterocycles. The minimum atomic E-state index is -0.0956. The van der Waals surface area contributed by atoms with Crippen LogP contribution in [0.1, 0.15) is 23.0 Å². The number of hydrogen-bond acceptors (Lipinski definition) is 4. The van der Waals surface area contributed by atoms with Crippen LogP contribution in [0, 0.1) is 0 Å². The molecule has 100 valence electrons. The average Bonchev–Trinajstić information content (AvgIpc) is 3.05. The number of hydrogen-bond donors (Lipinski definition) is 3. The van der Waals surface area contributed by atoms with Gasteiger partial charge >= 0.3 is 0 Å². The van der Waals surface area contributed by atoms with Gasteiger partial charge in [0, 0.05) is 23.8 Å².